The van der Waals surface area contributed by atoms with E-state index in [1.54, 1.807) is 12.1 Å². The highest BCUT2D eigenvalue weighted by molar-refractivity contribution is 9.10. The van der Waals surface area contributed by atoms with Crippen molar-refractivity contribution in [1.29, 1.82) is 0 Å². The lowest BCUT2D eigenvalue weighted by Gasteiger charge is -2.27. The second kappa shape index (κ2) is 8.69. The number of halogens is 1. The Balaban J connectivity index is 2.46. The highest BCUT2D eigenvalue weighted by Crippen LogP contribution is 2.41. The van der Waals surface area contributed by atoms with E-state index < -0.39 is 0 Å². The summed E-state index contributed by atoms with van der Waals surface area (Å²) in [7, 11) is 3.72. The van der Waals surface area contributed by atoms with Crippen LogP contribution in [0.2, 0.25) is 0 Å². The summed E-state index contributed by atoms with van der Waals surface area (Å²) >= 11 is 3.40. The first-order valence-electron chi connectivity index (χ1n) is 9.08. The number of hydrogen-bond donors (Lipinski definition) is 3. The van der Waals surface area contributed by atoms with Crippen LogP contribution in [0.4, 0.5) is 11.4 Å². The maximum absolute atomic E-state index is 10.9. The van der Waals surface area contributed by atoms with Crippen molar-refractivity contribution in [2.24, 2.45) is 10.7 Å². The Hall–Kier alpha value is -2.80. The molecule has 0 atom stereocenters. The minimum atomic E-state index is -0.316. The van der Waals surface area contributed by atoms with Crippen molar-refractivity contribution in [1.82, 2.24) is 4.90 Å². The number of nitrogens with zero attached hydrogens (tertiary/aromatic N) is 3. The van der Waals surface area contributed by atoms with Crippen LogP contribution in [-0.4, -0.2) is 35.8 Å². The molecule has 154 valence electrons. The highest BCUT2D eigenvalue weighted by atomic mass is 79.9. The van der Waals surface area contributed by atoms with Crippen LogP contribution in [0.15, 0.2) is 52.4 Å². The van der Waals surface area contributed by atoms with Gasteiger partial charge in [0.05, 0.1) is 0 Å². The van der Waals surface area contributed by atoms with Gasteiger partial charge in [-0.05, 0) is 34.6 Å². The fraction of sp³-hybridized carbons (Fsp3) is 0.273. The van der Waals surface area contributed by atoms with Gasteiger partial charge in [-0.25, -0.2) is 4.99 Å². The molecule has 0 saturated carbocycles. The molecule has 0 spiro atoms. The quantitative estimate of drug-likeness (QED) is 0.442. The highest BCUT2D eigenvalue weighted by Gasteiger charge is 2.24. The van der Waals surface area contributed by atoms with Crippen LogP contribution in [0.1, 0.15) is 31.9 Å². The lowest BCUT2D eigenvalue weighted by molar-refractivity contribution is 0.465. The lowest BCUT2D eigenvalue weighted by Crippen LogP contribution is -2.29. The molecule has 0 aliphatic heterocycles. The van der Waals surface area contributed by atoms with Crippen molar-refractivity contribution in [3.63, 3.8) is 0 Å². The lowest BCUT2D eigenvalue weighted by atomic mass is 9.82. The Labute approximate surface area is 180 Å². The molecular weight excluding hydrogens is 430 g/mol. The van der Waals surface area contributed by atoms with E-state index in [1.807, 2.05) is 43.3 Å². The molecule has 0 heterocycles. The molecule has 2 rings (SSSR count). The first-order chi connectivity index (χ1) is 13.4. The van der Waals surface area contributed by atoms with Gasteiger partial charge in [0.2, 0.25) is 0 Å². The summed E-state index contributed by atoms with van der Waals surface area (Å²) in [5.74, 6) is -0.502. The third-order valence-corrected chi connectivity index (χ3v) is 5.10. The fourth-order valence-corrected chi connectivity index (χ4v) is 3.13. The number of phenolic OH excluding ortho intramolecular Hbond substituents is 1. The van der Waals surface area contributed by atoms with Gasteiger partial charge in [-0.15, -0.1) is 0 Å². The van der Waals surface area contributed by atoms with Crippen LogP contribution in [0.3, 0.4) is 0 Å². The van der Waals surface area contributed by atoms with Gasteiger partial charge in [-0.3, -0.25) is 0 Å². The first-order valence-corrected chi connectivity index (χ1v) is 9.87. The molecule has 29 heavy (non-hydrogen) atoms. The largest absolute Gasteiger partial charge is 0.505 e. The average molecular weight is 457 g/mol. The molecule has 2 aromatic rings. The SMILES string of the molecule is C=C(c1c(C(C)(C)C)ccc(N=C(N)C(=[N-])Nc2ccccc2Br)c1O)N(C)C. The van der Waals surface area contributed by atoms with E-state index >= 15 is 0 Å². The second-order valence-electron chi connectivity index (χ2n) is 7.90. The van der Waals surface area contributed by atoms with Crippen LogP contribution < -0.4 is 11.1 Å². The molecule has 0 aliphatic rings. The summed E-state index contributed by atoms with van der Waals surface area (Å²) in [6, 6.07) is 10.9. The topological polar surface area (TPSA) is 96.2 Å². The normalized spacial score (nSPS) is 11.9. The number of nitrogens with two attached hydrogens (primary N) is 1. The fourth-order valence-electron chi connectivity index (χ4n) is 2.75. The van der Waals surface area contributed by atoms with Crippen molar-refractivity contribution in [2.75, 3.05) is 19.4 Å². The molecule has 0 unspecified atom stereocenters. The molecule has 0 aliphatic carbocycles. The number of benzene rings is 2. The summed E-state index contributed by atoms with van der Waals surface area (Å²) in [4.78, 5) is 6.06. The van der Waals surface area contributed by atoms with Crippen molar-refractivity contribution in [3.8, 4) is 5.75 Å². The summed E-state index contributed by atoms with van der Waals surface area (Å²) in [6.07, 6.45) is 0. The van der Waals surface area contributed by atoms with Gasteiger partial charge < -0.3 is 26.5 Å². The molecule has 0 radical (unpaired) electrons. The van der Waals surface area contributed by atoms with Crippen molar-refractivity contribution in [2.45, 2.75) is 26.2 Å². The molecule has 7 heteroatoms. The maximum atomic E-state index is 10.9. The van der Waals surface area contributed by atoms with Gasteiger partial charge in [0, 0.05) is 29.8 Å². The Bertz CT molecular complexity index is 974. The minimum absolute atomic E-state index is 0.0345. The number of aliphatic imine (C=N–C) groups is 1. The third kappa shape index (κ3) is 5.17. The molecular formula is C22H27BrN5O-. The van der Waals surface area contributed by atoms with Crippen molar-refractivity contribution >= 4 is 44.7 Å². The Kier molecular flexibility index (Phi) is 6.74. The van der Waals surface area contributed by atoms with E-state index in [0.717, 1.165) is 10.0 Å². The zero-order valence-corrected chi connectivity index (χ0v) is 19.0. The van der Waals surface area contributed by atoms with E-state index in [0.29, 0.717) is 16.9 Å². The van der Waals surface area contributed by atoms with Gasteiger partial charge in [0.1, 0.15) is 11.5 Å². The van der Waals surface area contributed by atoms with Gasteiger partial charge >= 0.3 is 0 Å². The number of para-hydroxylation sites is 1. The number of aromatic hydroxyl groups is 1. The number of amidine groups is 2. The van der Waals surface area contributed by atoms with Crippen molar-refractivity contribution in [3.05, 3.63) is 64.0 Å². The van der Waals surface area contributed by atoms with Crippen LogP contribution in [0.5, 0.6) is 5.75 Å². The monoisotopic (exact) mass is 456 g/mol. The molecule has 0 saturated heterocycles. The summed E-state index contributed by atoms with van der Waals surface area (Å²) in [5, 5.41) is 24.1. The first kappa shape index (κ1) is 22.5. The number of nitrogens with one attached hydrogen (secondary N) is 1. The number of rotatable bonds is 4. The Morgan fingerprint density at radius 1 is 1.21 bits per heavy atom. The average Bonchev–Trinajstić information content (AvgIpc) is 2.63. The molecule has 0 aromatic heterocycles. The summed E-state index contributed by atoms with van der Waals surface area (Å²) in [5.41, 5.74) is 8.83. The van der Waals surface area contributed by atoms with Gasteiger partial charge in [0.15, 0.2) is 5.75 Å². The van der Waals surface area contributed by atoms with E-state index in [2.05, 4.69) is 53.6 Å². The van der Waals surface area contributed by atoms with E-state index in [-0.39, 0.29) is 28.5 Å². The van der Waals surface area contributed by atoms with E-state index in [9.17, 15) is 10.5 Å². The van der Waals surface area contributed by atoms with Crippen LogP contribution >= 0.6 is 15.9 Å². The Morgan fingerprint density at radius 3 is 2.38 bits per heavy atom. The van der Waals surface area contributed by atoms with E-state index in [1.165, 1.54) is 0 Å². The summed E-state index contributed by atoms with van der Waals surface area (Å²) < 4.78 is 0.765. The van der Waals surface area contributed by atoms with Gasteiger partial charge in [-0.1, -0.05) is 67.5 Å². The second-order valence-corrected chi connectivity index (χ2v) is 8.75. The predicted octanol–water partition coefficient (Wildman–Crippen LogP) is 5.05. The zero-order valence-electron chi connectivity index (χ0n) is 17.4. The van der Waals surface area contributed by atoms with Gasteiger partial charge in [0.25, 0.3) is 0 Å². The van der Waals surface area contributed by atoms with Crippen LogP contribution in [0.25, 0.3) is 11.1 Å². The molecule has 6 nitrogen and oxygen atoms in total. The van der Waals surface area contributed by atoms with E-state index in [4.69, 9.17) is 5.73 Å². The van der Waals surface area contributed by atoms with Crippen LogP contribution in [-0.2, 0) is 5.41 Å². The zero-order chi connectivity index (χ0) is 21.9. The summed E-state index contributed by atoms with van der Waals surface area (Å²) in [6.45, 7) is 10.3. The number of hydrogen-bond acceptors (Lipinski definition) is 3. The van der Waals surface area contributed by atoms with Crippen LogP contribution in [0, 0.1) is 0 Å². The smallest absolute Gasteiger partial charge is 0.150 e. The minimum Gasteiger partial charge on any atom is -0.505 e. The molecule has 0 fully saturated rings. The number of phenols is 1. The molecule has 2 aromatic carbocycles. The van der Waals surface area contributed by atoms with Gasteiger partial charge in [-0.2, -0.15) is 0 Å². The Morgan fingerprint density at radius 2 is 1.83 bits per heavy atom. The molecule has 0 amide bonds. The number of anilines is 1. The molecule has 0 bridgehead atoms. The van der Waals surface area contributed by atoms with Crippen molar-refractivity contribution < 1.29 is 5.11 Å². The predicted molar refractivity (Wildman–Crippen MR) is 127 cm³/mol. The third-order valence-electron chi connectivity index (χ3n) is 4.40. The maximum Gasteiger partial charge on any atom is 0.150 e. The standard InChI is InChI=1S/C22H27BrN5O/c1-13(28(5)6)18-14(22(2,3)4)11-12-17(19(18)29)27-21(25)20(24)26-16-10-8-7-9-15(16)23/h7-12H,1H2,2-6H3,(H4-,24,25,26,27,29)/q-1. The molecule has 4 N–H and O–H groups in total.